The number of thiophene rings is 1. The van der Waals surface area contributed by atoms with Crippen LogP contribution in [0, 0.1) is 0 Å². The van der Waals surface area contributed by atoms with Crippen molar-refractivity contribution in [1.29, 1.82) is 0 Å². The molecule has 0 amide bonds. The van der Waals surface area contributed by atoms with Gasteiger partial charge in [0.15, 0.2) is 0 Å². The summed E-state index contributed by atoms with van der Waals surface area (Å²) in [6.07, 6.45) is 0. The lowest BCUT2D eigenvalue weighted by Gasteiger charge is -2.26. The van der Waals surface area contributed by atoms with Crippen LogP contribution in [0.2, 0.25) is 0 Å². The SMILES string of the molecule is c1ccc(-c2ccc3cc(-c4ccc5ccc(N(c6ccc7ccccc7c6)c6ccc7sc8ccccc8c7c6)cc5c4)ccc3c2)cc1. The summed E-state index contributed by atoms with van der Waals surface area (Å²) in [5, 5.41) is 10.0. The highest BCUT2D eigenvalue weighted by Gasteiger charge is 2.16. The molecule has 0 fully saturated rings. The lowest BCUT2D eigenvalue weighted by Crippen LogP contribution is -2.09. The second-order valence-corrected chi connectivity index (χ2v) is 14.1. The van der Waals surface area contributed by atoms with Crippen LogP contribution in [0.15, 0.2) is 188 Å². The molecule has 0 radical (unpaired) electrons. The molecule has 10 rings (SSSR count). The van der Waals surface area contributed by atoms with Gasteiger partial charge < -0.3 is 4.90 Å². The predicted octanol–water partition coefficient (Wildman–Crippen LogP) is 14.3. The largest absolute Gasteiger partial charge is 0.310 e. The molecule has 0 saturated carbocycles. The van der Waals surface area contributed by atoms with Gasteiger partial charge >= 0.3 is 0 Å². The molecule has 0 bridgehead atoms. The van der Waals surface area contributed by atoms with E-state index in [0.29, 0.717) is 0 Å². The van der Waals surface area contributed by atoms with Crippen LogP contribution in [0.25, 0.3) is 74.7 Å². The molecule has 0 N–H and O–H groups in total. The van der Waals surface area contributed by atoms with Crippen molar-refractivity contribution in [2.75, 3.05) is 4.90 Å². The number of hydrogen-bond acceptors (Lipinski definition) is 2. The Bertz CT molecular complexity index is 2880. The highest BCUT2D eigenvalue weighted by atomic mass is 32.1. The van der Waals surface area contributed by atoms with Crippen LogP contribution in [-0.2, 0) is 0 Å². The summed E-state index contributed by atoms with van der Waals surface area (Å²) in [5.74, 6) is 0. The van der Waals surface area contributed by atoms with Crippen molar-refractivity contribution < 1.29 is 0 Å². The molecule has 1 nitrogen and oxygen atoms in total. The van der Waals surface area contributed by atoms with Gasteiger partial charge in [0.25, 0.3) is 0 Å². The summed E-state index contributed by atoms with van der Waals surface area (Å²) in [4.78, 5) is 2.41. The number of fused-ring (bicyclic) bond motifs is 6. The minimum Gasteiger partial charge on any atom is -0.310 e. The normalized spacial score (nSPS) is 11.6. The van der Waals surface area contributed by atoms with E-state index in [0.717, 1.165) is 17.1 Å². The molecule has 0 aliphatic heterocycles. The third-order valence-corrected chi connectivity index (χ3v) is 11.1. The number of hydrogen-bond donors (Lipinski definition) is 0. The molecule has 0 aliphatic carbocycles. The predicted molar refractivity (Wildman–Crippen MR) is 217 cm³/mol. The van der Waals surface area contributed by atoms with Gasteiger partial charge in [-0.1, -0.05) is 121 Å². The molecule has 10 aromatic rings. The van der Waals surface area contributed by atoms with Crippen LogP contribution in [-0.4, -0.2) is 0 Å². The fourth-order valence-electron chi connectivity index (χ4n) is 7.40. The van der Waals surface area contributed by atoms with Gasteiger partial charge in [0.2, 0.25) is 0 Å². The number of rotatable bonds is 5. The maximum Gasteiger partial charge on any atom is 0.0468 e. The zero-order valence-electron chi connectivity index (χ0n) is 27.3. The van der Waals surface area contributed by atoms with Crippen molar-refractivity contribution in [2.45, 2.75) is 0 Å². The topological polar surface area (TPSA) is 3.24 Å². The number of anilines is 3. The van der Waals surface area contributed by atoms with Gasteiger partial charge in [0.1, 0.15) is 0 Å². The molecule has 0 atom stereocenters. The van der Waals surface area contributed by atoms with E-state index < -0.39 is 0 Å². The Morgan fingerprint density at radius 3 is 1.52 bits per heavy atom. The van der Waals surface area contributed by atoms with E-state index in [9.17, 15) is 0 Å². The quantitative estimate of drug-likeness (QED) is 0.179. The van der Waals surface area contributed by atoms with Crippen molar-refractivity contribution in [3.63, 3.8) is 0 Å². The van der Waals surface area contributed by atoms with Gasteiger partial charge in [0.05, 0.1) is 0 Å². The monoisotopic (exact) mass is 653 g/mol. The highest BCUT2D eigenvalue weighted by molar-refractivity contribution is 7.25. The van der Waals surface area contributed by atoms with Crippen LogP contribution in [0.3, 0.4) is 0 Å². The first-order valence-corrected chi connectivity index (χ1v) is 17.9. The second-order valence-electron chi connectivity index (χ2n) is 13.0. The number of benzene rings is 9. The fourth-order valence-corrected chi connectivity index (χ4v) is 8.49. The van der Waals surface area contributed by atoms with Crippen molar-refractivity contribution in [1.82, 2.24) is 0 Å². The smallest absolute Gasteiger partial charge is 0.0468 e. The van der Waals surface area contributed by atoms with Crippen LogP contribution < -0.4 is 4.90 Å². The third kappa shape index (κ3) is 5.01. The molecular weight excluding hydrogens is 623 g/mol. The lowest BCUT2D eigenvalue weighted by atomic mass is 9.96. The average Bonchev–Trinajstić information content (AvgIpc) is 3.56. The van der Waals surface area contributed by atoms with Crippen LogP contribution in [0.1, 0.15) is 0 Å². The standard InChI is InChI=1S/C48H31NS/c1-2-8-32(9-3-1)36-16-17-38-27-39(19-18-37(38)26-36)40-15-14-34-21-23-43(30-41(34)28-40)49(42-22-20-33-10-4-5-11-35(33)29-42)44-24-25-48-46(31-44)45-12-6-7-13-47(45)50-48/h1-31H. The first kappa shape index (κ1) is 28.8. The Labute approximate surface area is 294 Å². The van der Waals surface area contributed by atoms with E-state index in [-0.39, 0.29) is 0 Å². The zero-order valence-corrected chi connectivity index (χ0v) is 28.1. The summed E-state index contributed by atoms with van der Waals surface area (Å²) in [6, 6.07) is 68.9. The molecule has 50 heavy (non-hydrogen) atoms. The fraction of sp³-hybridized carbons (Fsp3) is 0. The van der Waals surface area contributed by atoms with Gasteiger partial charge in [-0.25, -0.2) is 0 Å². The Morgan fingerprint density at radius 1 is 0.280 bits per heavy atom. The van der Waals surface area contributed by atoms with Crippen molar-refractivity contribution >= 4 is 80.9 Å². The summed E-state index contributed by atoms with van der Waals surface area (Å²) in [6.45, 7) is 0. The summed E-state index contributed by atoms with van der Waals surface area (Å²) in [5.41, 5.74) is 8.34. The van der Waals surface area contributed by atoms with Crippen molar-refractivity contribution in [3.8, 4) is 22.3 Å². The molecule has 234 valence electrons. The molecule has 1 heterocycles. The van der Waals surface area contributed by atoms with E-state index in [1.807, 2.05) is 11.3 Å². The Kier molecular flexibility index (Phi) is 6.75. The van der Waals surface area contributed by atoms with Gasteiger partial charge in [-0.3, -0.25) is 0 Å². The highest BCUT2D eigenvalue weighted by Crippen LogP contribution is 2.42. The maximum absolute atomic E-state index is 2.41. The molecule has 2 heteroatoms. The molecule has 1 aromatic heterocycles. The van der Waals surface area contributed by atoms with Crippen molar-refractivity contribution in [3.05, 3.63) is 188 Å². The van der Waals surface area contributed by atoms with E-state index in [1.165, 1.54) is 74.7 Å². The molecule has 0 unspecified atom stereocenters. The van der Waals surface area contributed by atoms with E-state index in [4.69, 9.17) is 0 Å². The lowest BCUT2D eigenvalue weighted by molar-refractivity contribution is 1.30. The minimum atomic E-state index is 1.13. The van der Waals surface area contributed by atoms with Gasteiger partial charge in [-0.15, -0.1) is 11.3 Å². The maximum atomic E-state index is 2.41. The molecule has 9 aromatic carbocycles. The van der Waals surface area contributed by atoms with Crippen LogP contribution in [0.4, 0.5) is 17.1 Å². The molecule has 0 saturated heterocycles. The second kappa shape index (κ2) is 11.7. The van der Waals surface area contributed by atoms with Crippen LogP contribution >= 0.6 is 11.3 Å². The molecular formula is C48H31NS. The summed E-state index contributed by atoms with van der Waals surface area (Å²) >= 11 is 1.86. The van der Waals surface area contributed by atoms with E-state index in [1.54, 1.807) is 0 Å². The van der Waals surface area contributed by atoms with Gasteiger partial charge in [0, 0.05) is 37.2 Å². The van der Waals surface area contributed by atoms with Crippen LogP contribution in [0.5, 0.6) is 0 Å². The average molecular weight is 654 g/mol. The van der Waals surface area contributed by atoms with E-state index >= 15 is 0 Å². The van der Waals surface area contributed by atoms with Gasteiger partial charge in [-0.05, 0) is 121 Å². The van der Waals surface area contributed by atoms with Crippen molar-refractivity contribution in [2.24, 2.45) is 0 Å². The third-order valence-electron chi connectivity index (χ3n) is 9.97. The molecule has 0 aliphatic rings. The Hall–Kier alpha value is -6.22. The van der Waals surface area contributed by atoms with Gasteiger partial charge in [-0.2, -0.15) is 0 Å². The molecule has 0 spiro atoms. The first-order valence-electron chi connectivity index (χ1n) is 17.1. The number of nitrogens with zero attached hydrogens (tertiary/aromatic N) is 1. The Morgan fingerprint density at radius 2 is 0.760 bits per heavy atom. The summed E-state index contributed by atoms with van der Waals surface area (Å²) in [7, 11) is 0. The first-order chi connectivity index (χ1) is 24.7. The minimum absolute atomic E-state index is 1.13. The summed E-state index contributed by atoms with van der Waals surface area (Å²) < 4.78 is 2.63. The Balaban J connectivity index is 1.09. The zero-order chi connectivity index (χ0) is 33.0. The van der Waals surface area contributed by atoms with E-state index in [2.05, 4.69) is 193 Å².